The highest BCUT2D eigenvalue weighted by molar-refractivity contribution is 7.26. The zero-order valence-electron chi connectivity index (χ0n) is 22.8. The summed E-state index contributed by atoms with van der Waals surface area (Å²) in [6, 6.07) is 45.8. The molecule has 0 spiro atoms. The maximum atomic E-state index is 5.41. The summed E-state index contributed by atoms with van der Waals surface area (Å²) in [6.07, 6.45) is 0. The number of para-hydroxylation sites is 1. The van der Waals surface area contributed by atoms with Crippen LogP contribution in [0, 0.1) is 0 Å². The van der Waals surface area contributed by atoms with Gasteiger partial charge < -0.3 is 0 Å². The second kappa shape index (κ2) is 8.71. The third-order valence-corrected chi connectivity index (χ3v) is 10.8. The van der Waals surface area contributed by atoms with Crippen LogP contribution in [0.1, 0.15) is 0 Å². The molecule has 0 unspecified atom stereocenters. The fraction of sp³-hybridized carbons (Fsp3) is 0. The number of benzene rings is 6. The number of rotatable bonds is 2. The Morgan fingerprint density at radius 2 is 1.21 bits per heavy atom. The predicted octanol–water partition coefficient (Wildman–Crippen LogP) is 11.1. The molecule has 4 heterocycles. The van der Waals surface area contributed by atoms with Crippen molar-refractivity contribution < 1.29 is 0 Å². The van der Waals surface area contributed by atoms with E-state index in [9.17, 15) is 0 Å². The lowest BCUT2D eigenvalue weighted by molar-refractivity contribution is 1.08. The summed E-state index contributed by atoms with van der Waals surface area (Å²) in [7, 11) is 0. The molecule has 0 bridgehead atoms. The Bertz CT molecular complexity index is 2730. The van der Waals surface area contributed by atoms with Gasteiger partial charge in [-0.25, -0.2) is 9.97 Å². The highest BCUT2D eigenvalue weighted by atomic mass is 32.1. The molecule has 10 aromatic rings. The second-order valence-corrected chi connectivity index (χ2v) is 13.1. The molecule has 0 aliphatic carbocycles. The number of aromatic nitrogens is 3. The van der Waals surface area contributed by atoms with Crippen molar-refractivity contribution in [3.8, 4) is 17.2 Å². The van der Waals surface area contributed by atoms with Crippen molar-refractivity contribution in [2.75, 3.05) is 0 Å². The Hall–Kier alpha value is -5.10. The van der Waals surface area contributed by atoms with Gasteiger partial charge in [-0.2, -0.15) is 0 Å². The quantitative estimate of drug-likeness (QED) is 0.203. The fourth-order valence-electron chi connectivity index (χ4n) is 6.71. The van der Waals surface area contributed by atoms with E-state index in [2.05, 4.69) is 126 Å². The number of fused-ring (bicyclic) bond motifs is 11. The molecule has 10 rings (SSSR count). The van der Waals surface area contributed by atoms with Crippen LogP contribution in [0.5, 0.6) is 0 Å². The number of hydrogen-bond acceptors (Lipinski definition) is 4. The van der Waals surface area contributed by atoms with Gasteiger partial charge in [0.05, 0.1) is 16.4 Å². The Labute approximate surface area is 253 Å². The summed E-state index contributed by atoms with van der Waals surface area (Å²) in [6.45, 7) is 0. The van der Waals surface area contributed by atoms with E-state index in [4.69, 9.17) is 9.97 Å². The third kappa shape index (κ3) is 3.29. The largest absolute Gasteiger partial charge is 0.292 e. The van der Waals surface area contributed by atoms with Crippen LogP contribution in [-0.2, 0) is 0 Å². The van der Waals surface area contributed by atoms with E-state index in [1.165, 1.54) is 57.3 Å². The van der Waals surface area contributed by atoms with E-state index in [-0.39, 0.29) is 0 Å². The van der Waals surface area contributed by atoms with E-state index < -0.39 is 0 Å². The zero-order chi connectivity index (χ0) is 28.1. The van der Waals surface area contributed by atoms with Crippen LogP contribution < -0.4 is 0 Å². The summed E-state index contributed by atoms with van der Waals surface area (Å²) in [5.41, 5.74) is 3.35. The average Bonchev–Trinajstić information content (AvgIpc) is 3.73. The molecule has 200 valence electrons. The monoisotopic (exact) mass is 583 g/mol. The molecule has 43 heavy (non-hydrogen) atoms. The van der Waals surface area contributed by atoms with Gasteiger partial charge in [-0.3, -0.25) is 4.57 Å². The van der Waals surface area contributed by atoms with Gasteiger partial charge in [0.15, 0.2) is 11.6 Å². The molecule has 0 aliphatic rings. The molecular weight excluding hydrogens is 563 g/mol. The summed E-state index contributed by atoms with van der Waals surface area (Å²) in [4.78, 5) is 11.5. The van der Waals surface area contributed by atoms with Crippen molar-refractivity contribution in [2.45, 2.75) is 0 Å². The topological polar surface area (TPSA) is 30.7 Å². The van der Waals surface area contributed by atoms with E-state index in [1.807, 2.05) is 17.4 Å². The lowest BCUT2D eigenvalue weighted by Crippen LogP contribution is -2.02. The van der Waals surface area contributed by atoms with Crippen LogP contribution in [0.2, 0.25) is 0 Å². The third-order valence-electron chi connectivity index (χ3n) is 8.61. The summed E-state index contributed by atoms with van der Waals surface area (Å²) < 4.78 is 6.26. The van der Waals surface area contributed by atoms with E-state index in [1.54, 1.807) is 11.3 Å². The first-order chi connectivity index (χ1) is 21.3. The first-order valence-electron chi connectivity index (χ1n) is 14.3. The smallest absolute Gasteiger partial charge is 0.163 e. The number of thiophene rings is 2. The SMILES string of the molecule is c1ccc(-c2nc(-n3c4ccccc4c4ccc5cc6sc7ccccc7c6cc5c43)c3c(n2)sc2ccccc23)cc1. The molecule has 0 N–H and O–H groups in total. The Kier molecular flexibility index (Phi) is 4.75. The minimum Gasteiger partial charge on any atom is -0.292 e. The average molecular weight is 584 g/mol. The highest BCUT2D eigenvalue weighted by Gasteiger charge is 2.22. The van der Waals surface area contributed by atoms with Crippen LogP contribution in [0.3, 0.4) is 0 Å². The van der Waals surface area contributed by atoms with Crippen LogP contribution >= 0.6 is 22.7 Å². The molecule has 0 amide bonds. The van der Waals surface area contributed by atoms with E-state index in [0.717, 1.165) is 32.9 Å². The first kappa shape index (κ1) is 23.5. The molecule has 0 saturated carbocycles. The molecular formula is C38H21N3S2. The molecule has 4 aromatic heterocycles. The van der Waals surface area contributed by atoms with Gasteiger partial charge in [0.25, 0.3) is 0 Å². The van der Waals surface area contributed by atoms with Crippen LogP contribution in [0.25, 0.3) is 90.3 Å². The number of hydrogen-bond donors (Lipinski definition) is 0. The van der Waals surface area contributed by atoms with Gasteiger partial charge in [0, 0.05) is 52.0 Å². The van der Waals surface area contributed by atoms with Gasteiger partial charge in [0.1, 0.15) is 4.83 Å². The first-order valence-corrected chi connectivity index (χ1v) is 16.0. The van der Waals surface area contributed by atoms with Crippen LogP contribution in [0.4, 0.5) is 0 Å². The Morgan fingerprint density at radius 3 is 2.07 bits per heavy atom. The molecule has 0 atom stereocenters. The normalized spacial score (nSPS) is 12.2. The summed E-state index contributed by atoms with van der Waals surface area (Å²) in [5, 5.41) is 9.82. The van der Waals surface area contributed by atoms with Crippen molar-refractivity contribution in [1.29, 1.82) is 0 Å². The molecule has 0 radical (unpaired) electrons. The van der Waals surface area contributed by atoms with Gasteiger partial charge in [-0.15, -0.1) is 22.7 Å². The van der Waals surface area contributed by atoms with Gasteiger partial charge in [-0.1, -0.05) is 97.1 Å². The van der Waals surface area contributed by atoms with Crippen molar-refractivity contribution in [3.63, 3.8) is 0 Å². The fourth-order valence-corrected chi connectivity index (χ4v) is 8.91. The van der Waals surface area contributed by atoms with Gasteiger partial charge >= 0.3 is 0 Å². The maximum Gasteiger partial charge on any atom is 0.163 e. The molecule has 3 nitrogen and oxygen atoms in total. The van der Waals surface area contributed by atoms with Crippen molar-refractivity contribution in [1.82, 2.24) is 14.5 Å². The molecule has 0 fully saturated rings. The van der Waals surface area contributed by atoms with Crippen LogP contribution in [-0.4, -0.2) is 14.5 Å². The van der Waals surface area contributed by atoms with Crippen molar-refractivity contribution in [2.24, 2.45) is 0 Å². The lowest BCUT2D eigenvalue weighted by atomic mass is 10.0. The second-order valence-electron chi connectivity index (χ2n) is 11.0. The zero-order valence-corrected chi connectivity index (χ0v) is 24.4. The molecule has 5 heteroatoms. The molecule has 0 aliphatic heterocycles. The Morgan fingerprint density at radius 1 is 0.488 bits per heavy atom. The summed E-state index contributed by atoms with van der Waals surface area (Å²) in [5.74, 6) is 1.67. The van der Waals surface area contributed by atoms with E-state index >= 15 is 0 Å². The molecule has 6 aromatic carbocycles. The lowest BCUT2D eigenvalue weighted by Gasteiger charge is -2.13. The Balaban J connectivity index is 1.43. The molecule has 0 saturated heterocycles. The summed E-state index contributed by atoms with van der Waals surface area (Å²) >= 11 is 3.60. The minimum absolute atomic E-state index is 0.743. The predicted molar refractivity (Wildman–Crippen MR) is 185 cm³/mol. The van der Waals surface area contributed by atoms with Crippen molar-refractivity contribution in [3.05, 3.63) is 127 Å². The van der Waals surface area contributed by atoms with Gasteiger partial charge in [0.2, 0.25) is 0 Å². The van der Waals surface area contributed by atoms with Crippen molar-refractivity contribution >= 4 is 95.7 Å². The number of nitrogens with zero attached hydrogens (tertiary/aromatic N) is 3. The maximum absolute atomic E-state index is 5.41. The van der Waals surface area contributed by atoms with Gasteiger partial charge in [-0.05, 0) is 35.7 Å². The van der Waals surface area contributed by atoms with E-state index in [0.29, 0.717) is 0 Å². The highest BCUT2D eigenvalue weighted by Crippen LogP contribution is 2.44. The van der Waals surface area contributed by atoms with Crippen LogP contribution in [0.15, 0.2) is 127 Å². The standard InChI is InChI=1S/C38H21N3S2/c1-2-10-22(11-3-1)36-39-37(34-27-14-6-9-17-32(27)43-38(34)40-36)41-30-15-7-4-12-24(30)26-19-18-23-20-33-29(21-28(23)35(26)41)25-13-5-8-16-31(25)42-33/h1-21H. The minimum atomic E-state index is 0.743.